The average Bonchev–Trinajstić information content (AvgIpc) is 2.39. The molecule has 1 aliphatic rings. The summed E-state index contributed by atoms with van der Waals surface area (Å²) in [7, 11) is 0. The number of carbonyl (C=O) groups is 1. The minimum atomic E-state index is -0.469. The van der Waals surface area contributed by atoms with Crippen LogP contribution in [0.2, 0.25) is 0 Å². The molecule has 1 fully saturated rings. The average molecular weight is 265 g/mol. The Morgan fingerprint density at radius 1 is 1.42 bits per heavy atom. The number of para-hydroxylation sites is 2. The number of nitrogens with zero attached hydrogens (tertiary/aromatic N) is 2. The third-order valence-electron chi connectivity index (χ3n) is 2.84. The topological polar surface area (TPSA) is 84.7 Å². The number of piperazine rings is 1. The summed E-state index contributed by atoms with van der Waals surface area (Å²) in [4.78, 5) is 23.4. The summed E-state index contributed by atoms with van der Waals surface area (Å²) in [6.45, 7) is 2.63. The summed E-state index contributed by atoms with van der Waals surface area (Å²) in [6, 6.07) is 6.27. The molecule has 0 saturated carbocycles. The van der Waals surface area contributed by atoms with Crippen molar-refractivity contribution in [3.8, 4) is 5.75 Å². The highest BCUT2D eigenvalue weighted by molar-refractivity contribution is 5.78. The zero-order valence-electron chi connectivity index (χ0n) is 10.4. The Balaban J connectivity index is 1.85. The second-order valence-corrected chi connectivity index (χ2v) is 4.20. The number of amides is 1. The minimum absolute atomic E-state index is 0.00283. The summed E-state index contributed by atoms with van der Waals surface area (Å²) in [6.07, 6.45) is 0. The molecule has 0 unspecified atom stereocenters. The number of hydrogen-bond acceptors (Lipinski definition) is 5. The molecule has 1 aliphatic heterocycles. The van der Waals surface area contributed by atoms with Crippen LogP contribution in [0.4, 0.5) is 5.69 Å². The van der Waals surface area contributed by atoms with Crippen molar-refractivity contribution in [1.29, 1.82) is 0 Å². The summed E-state index contributed by atoms with van der Waals surface area (Å²) in [5, 5.41) is 13.5. The molecule has 0 aliphatic carbocycles. The van der Waals surface area contributed by atoms with Gasteiger partial charge in [-0.2, -0.15) is 0 Å². The van der Waals surface area contributed by atoms with Crippen LogP contribution < -0.4 is 10.1 Å². The van der Waals surface area contributed by atoms with E-state index in [1.807, 2.05) is 4.90 Å². The monoisotopic (exact) mass is 265 g/mol. The molecule has 0 atom stereocenters. The van der Waals surface area contributed by atoms with Crippen molar-refractivity contribution in [1.82, 2.24) is 10.2 Å². The van der Waals surface area contributed by atoms with Gasteiger partial charge >= 0.3 is 5.69 Å². The smallest absolute Gasteiger partial charge is 0.310 e. The highest BCUT2D eigenvalue weighted by Crippen LogP contribution is 2.25. The predicted octanol–water partition coefficient (Wildman–Crippen LogP) is 0.405. The van der Waals surface area contributed by atoms with E-state index in [2.05, 4.69) is 5.32 Å². The molecule has 0 spiro atoms. The number of nitro groups is 1. The van der Waals surface area contributed by atoms with Gasteiger partial charge in [-0.15, -0.1) is 0 Å². The first-order chi connectivity index (χ1) is 9.16. The van der Waals surface area contributed by atoms with Crippen LogP contribution in [0, 0.1) is 10.1 Å². The minimum Gasteiger partial charge on any atom is -0.485 e. The van der Waals surface area contributed by atoms with E-state index in [4.69, 9.17) is 4.74 Å². The first-order valence-electron chi connectivity index (χ1n) is 6.02. The third-order valence-corrected chi connectivity index (χ3v) is 2.84. The molecule has 1 saturated heterocycles. The number of benzene rings is 1. The van der Waals surface area contributed by atoms with Crippen molar-refractivity contribution in [3.63, 3.8) is 0 Å². The Hall–Kier alpha value is -2.15. The summed E-state index contributed by atoms with van der Waals surface area (Å²) in [5.41, 5.74) is -0.0427. The number of carbonyl (C=O) groups excluding carboxylic acids is 1. The maximum atomic E-state index is 11.2. The van der Waals surface area contributed by atoms with E-state index < -0.39 is 4.92 Å². The first kappa shape index (κ1) is 13.3. The molecule has 2 rings (SSSR count). The van der Waals surface area contributed by atoms with Gasteiger partial charge in [-0.3, -0.25) is 19.8 Å². The van der Waals surface area contributed by atoms with E-state index in [-0.39, 0.29) is 17.3 Å². The molecule has 1 heterocycles. The first-order valence-corrected chi connectivity index (χ1v) is 6.02. The van der Waals surface area contributed by atoms with Crippen molar-refractivity contribution in [2.75, 3.05) is 32.8 Å². The Morgan fingerprint density at radius 3 is 2.95 bits per heavy atom. The van der Waals surface area contributed by atoms with Crippen molar-refractivity contribution < 1.29 is 14.5 Å². The molecule has 0 bridgehead atoms. The number of rotatable bonds is 5. The Labute approximate surface area is 110 Å². The SMILES string of the molecule is O=C1CN(CCOc2ccccc2[N+](=O)[O-])CCN1. The molecule has 0 radical (unpaired) electrons. The zero-order chi connectivity index (χ0) is 13.7. The predicted molar refractivity (Wildman–Crippen MR) is 68.0 cm³/mol. The highest BCUT2D eigenvalue weighted by Gasteiger charge is 2.17. The van der Waals surface area contributed by atoms with Crippen LogP contribution in [0.15, 0.2) is 24.3 Å². The second-order valence-electron chi connectivity index (χ2n) is 4.20. The van der Waals surface area contributed by atoms with Gasteiger partial charge in [-0.05, 0) is 6.07 Å². The van der Waals surface area contributed by atoms with E-state index in [9.17, 15) is 14.9 Å². The lowest BCUT2D eigenvalue weighted by Gasteiger charge is -2.26. The Bertz CT molecular complexity index is 478. The van der Waals surface area contributed by atoms with Crippen LogP contribution in [0.3, 0.4) is 0 Å². The molecular formula is C12H15N3O4. The van der Waals surface area contributed by atoms with Crippen molar-refractivity contribution in [3.05, 3.63) is 34.4 Å². The van der Waals surface area contributed by atoms with Crippen LogP contribution in [0.25, 0.3) is 0 Å². The number of nitro benzene ring substituents is 1. The molecular weight excluding hydrogens is 250 g/mol. The van der Waals surface area contributed by atoms with Crippen LogP contribution in [0.1, 0.15) is 0 Å². The van der Waals surface area contributed by atoms with Gasteiger partial charge in [-0.1, -0.05) is 12.1 Å². The van der Waals surface area contributed by atoms with E-state index >= 15 is 0 Å². The third kappa shape index (κ3) is 3.65. The largest absolute Gasteiger partial charge is 0.485 e. The van der Waals surface area contributed by atoms with E-state index in [1.54, 1.807) is 18.2 Å². The lowest BCUT2D eigenvalue weighted by atomic mass is 10.3. The summed E-state index contributed by atoms with van der Waals surface area (Å²) in [5.74, 6) is 0.255. The maximum absolute atomic E-state index is 11.2. The van der Waals surface area contributed by atoms with Gasteiger partial charge in [0.15, 0.2) is 5.75 Å². The Morgan fingerprint density at radius 2 is 2.21 bits per heavy atom. The number of ether oxygens (including phenoxy) is 1. The summed E-state index contributed by atoms with van der Waals surface area (Å²) >= 11 is 0. The van der Waals surface area contributed by atoms with Crippen molar-refractivity contribution in [2.24, 2.45) is 0 Å². The molecule has 102 valence electrons. The Kier molecular flexibility index (Phi) is 4.30. The molecule has 1 aromatic rings. The normalized spacial score (nSPS) is 15.9. The lowest BCUT2D eigenvalue weighted by Crippen LogP contribution is -2.48. The fraction of sp³-hybridized carbons (Fsp3) is 0.417. The van der Waals surface area contributed by atoms with E-state index in [0.29, 0.717) is 26.2 Å². The quantitative estimate of drug-likeness (QED) is 0.615. The van der Waals surface area contributed by atoms with Gasteiger partial charge in [0, 0.05) is 25.7 Å². The molecule has 1 N–H and O–H groups in total. The van der Waals surface area contributed by atoms with Crippen molar-refractivity contribution in [2.45, 2.75) is 0 Å². The highest BCUT2D eigenvalue weighted by atomic mass is 16.6. The molecule has 7 nitrogen and oxygen atoms in total. The fourth-order valence-corrected chi connectivity index (χ4v) is 1.90. The number of nitrogens with one attached hydrogen (secondary N) is 1. The second kappa shape index (κ2) is 6.14. The summed E-state index contributed by atoms with van der Waals surface area (Å²) < 4.78 is 5.42. The van der Waals surface area contributed by atoms with Gasteiger partial charge in [0.2, 0.25) is 5.91 Å². The van der Waals surface area contributed by atoms with E-state index in [0.717, 1.165) is 6.54 Å². The standard InChI is InChI=1S/C12H15N3O4/c16-12-9-14(6-5-13-12)7-8-19-11-4-2-1-3-10(11)15(17)18/h1-4H,5-9H2,(H,13,16). The van der Waals surface area contributed by atoms with Crippen LogP contribution in [0.5, 0.6) is 5.75 Å². The maximum Gasteiger partial charge on any atom is 0.310 e. The van der Waals surface area contributed by atoms with Crippen LogP contribution >= 0.6 is 0 Å². The molecule has 19 heavy (non-hydrogen) atoms. The molecule has 0 aromatic heterocycles. The van der Waals surface area contributed by atoms with Gasteiger partial charge in [0.25, 0.3) is 0 Å². The van der Waals surface area contributed by atoms with Crippen molar-refractivity contribution >= 4 is 11.6 Å². The van der Waals surface area contributed by atoms with Gasteiger partial charge in [0.05, 0.1) is 11.5 Å². The fourth-order valence-electron chi connectivity index (χ4n) is 1.90. The van der Waals surface area contributed by atoms with Gasteiger partial charge in [-0.25, -0.2) is 0 Å². The van der Waals surface area contributed by atoms with Crippen LogP contribution in [-0.2, 0) is 4.79 Å². The van der Waals surface area contributed by atoms with Crippen LogP contribution in [-0.4, -0.2) is 48.5 Å². The number of hydrogen-bond donors (Lipinski definition) is 1. The molecule has 1 amide bonds. The molecule has 7 heteroatoms. The zero-order valence-corrected chi connectivity index (χ0v) is 10.4. The lowest BCUT2D eigenvalue weighted by molar-refractivity contribution is -0.385. The van der Waals surface area contributed by atoms with Gasteiger partial charge in [0.1, 0.15) is 6.61 Å². The molecule has 1 aromatic carbocycles. The van der Waals surface area contributed by atoms with Gasteiger partial charge < -0.3 is 10.1 Å². The van der Waals surface area contributed by atoms with E-state index in [1.165, 1.54) is 6.07 Å².